The number of carbonyl (C=O) groups is 1. The molecule has 0 bridgehead atoms. The Morgan fingerprint density at radius 2 is 2.23 bits per heavy atom. The van der Waals surface area contributed by atoms with Crippen LogP contribution in [0, 0.1) is 6.07 Å². The van der Waals surface area contributed by atoms with E-state index < -0.39 is 0 Å². The fraction of sp³-hybridized carbons (Fsp3) is 0.300. The number of hydrogen-bond acceptors (Lipinski definition) is 2. The number of hydrogen-bond donors (Lipinski definition) is 0. The molecular weight excluding hydrogens is 166 g/mol. The molecule has 1 amide bonds. The van der Waals surface area contributed by atoms with E-state index in [1.165, 1.54) is 4.90 Å². The van der Waals surface area contributed by atoms with Crippen molar-refractivity contribution < 1.29 is 9.53 Å². The number of methoxy groups -OCH3 is 1. The maximum Gasteiger partial charge on any atom is 0.254 e. The molecule has 0 fully saturated rings. The van der Waals surface area contributed by atoms with Crippen molar-refractivity contribution in [3.8, 4) is 5.75 Å². The van der Waals surface area contributed by atoms with Crippen molar-refractivity contribution in [1.82, 2.24) is 4.90 Å². The lowest BCUT2D eigenvalue weighted by molar-refractivity contribution is 0.0827. The maximum atomic E-state index is 11.5. The highest BCUT2D eigenvalue weighted by Gasteiger charge is 2.08. The smallest absolute Gasteiger partial charge is 0.254 e. The Kier molecular flexibility index (Phi) is 2.90. The van der Waals surface area contributed by atoms with Gasteiger partial charge in [-0.2, -0.15) is 0 Å². The van der Waals surface area contributed by atoms with Gasteiger partial charge in [0, 0.05) is 14.1 Å². The molecule has 1 radical (unpaired) electrons. The molecule has 1 aromatic carbocycles. The summed E-state index contributed by atoms with van der Waals surface area (Å²) in [5, 5.41) is 0. The second-order valence-corrected chi connectivity index (χ2v) is 2.84. The first kappa shape index (κ1) is 9.58. The van der Waals surface area contributed by atoms with E-state index in [2.05, 4.69) is 6.07 Å². The van der Waals surface area contributed by atoms with Gasteiger partial charge in [0.1, 0.15) is 5.75 Å². The molecule has 0 aliphatic rings. The summed E-state index contributed by atoms with van der Waals surface area (Å²) in [5.41, 5.74) is 0.518. The lowest BCUT2D eigenvalue weighted by Gasteiger charge is -2.10. The van der Waals surface area contributed by atoms with Crippen molar-refractivity contribution in [3.63, 3.8) is 0 Å². The molecular formula is C10H12NO2. The fourth-order valence-electron chi connectivity index (χ4n) is 0.937. The zero-order chi connectivity index (χ0) is 9.84. The summed E-state index contributed by atoms with van der Waals surface area (Å²) < 4.78 is 4.99. The molecule has 0 N–H and O–H groups in total. The zero-order valence-electron chi connectivity index (χ0n) is 8.00. The van der Waals surface area contributed by atoms with E-state index in [1.807, 2.05) is 0 Å². The van der Waals surface area contributed by atoms with E-state index in [0.29, 0.717) is 11.3 Å². The normalized spacial score (nSPS) is 9.46. The quantitative estimate of drug-likeness (QED) is 0.681. The van der Waals surface area contributed by atoms with Crippen LogP contribution in [0.3, 0.4) is 0 Å². The van der Waals surface area contributed by atoms with Crippen molar-refractivity contribution in [3.05, 3.63) is 29.8 Å². The van der Waals surface area contributed by atoms with Crippen LogP contribution in [0.25, 0.3) is 0 Å². The minimum Gasteiger partial charge on any atom is -0.497 e. The van der Waals surface area contributed by atoms with E-state index in [0.717, 1.165) is 0 Å². The van der Waals surface area contributed by atoms with E-state index in [9.17, 15) is 4.79 Å². The van der Waals surface area contributed by atoms with Crippen molar-refractivity contribution in [2.75, 3.05) is 21.2 Å². The third kappa shape index (κ3) is 2.21. The first-order valence-corrected chi connectivity index (χ1v) is 3.92. The average Bonchev–Trinajstić information content (AvgIpc) is 2.16. The molecule has 0 heterocycles. The van der Waals surface area contributed by atoms with Crippen molar-refractivity contribution in [1.29, 1.82) is 0 Å². The highest BCUT2D eigenvalue weighted by atomic mass is 16.5. The number of ether oxygens (including phenoxy) is 1. The van der Waals surface area contributed by atoms with Gasteiger partial charge in [0.25, 0.3) is 5.91 Å². The largest absolute Gasteiger partial charge is 0.497 e. The first-order valence-electron chi connectivity index (χ1n) is 3.92. The molecule has 0 aromatic heterocycles. The Balaban J connectivity index is 2.95. The molecule has 3 nitrogen and oxygen atoms in total. The van der Waals surface area contributed by atoms with E-state index in [4.69, 9.17) is 4.74 Å². The molecule has 69 valence electrons. The number of benzene rings is 1. The Morgan fingerprint density at radius 3 is 2.77 bits per heavy atom. The minimum atomic E-state index is -0.0705. The van der Waals surface area contributed by atoms with Gasteiger partial charge in [0.15, 0.2) is 0 Å². The van der Waals surface area contributed by atoms with Crippen LogP contribution in [-0.4, -0.2) is 32.0 Å². The van der Waals surface area contributed by atoms with E-state index >= 15 is 0 Å². The van der Waals surface area contributed by atoms with Gasteiger partial charge in [-0.1, -0.05) is 0 Å². The number of carbonyl (C=O) groups excluding carboxylic acids is 1. The molecule has 0 saturated carbocycles. The monoisotopic (exact) mass is 178 g/mol. The Hall–Kier alpha value is -1.51. The molecule has 3 heteroatoms. The van der Waals surface area contributed by atoms with Gasteiger partial charge in [-0.25, -0.2) is 0 Å². The van der Waals surface area contributed by atoms with Gasteiger partial charge in [0.05, 0.1) is 12.7 Å². The van der Waals surface area contributed by atoms with Crippen molar-refractivity contribution >= 4 is 5.91 Å². The third-order valence-electron chi connectivity index (χ3n) is 1.65. The molecule has 0 aliphatic heterocycles. The Labute approximate surface area is 77.9 Å². The molecule has 0 unspecified atom stereocenters. The van der Waals surface area contributed by atoms with Crippen LogP contribution in [-0.2, 0) is 0 Å². The van der Waals surface area contributed by atoms with Crippen molar-refractivity contribution in [2.24, 2.45) is 0 Å². The van der Waals surface area contributed by atoms with Gasteiger partial charge in [-0.05, 0) is 24.3 Å². The molecule has 13 heavy (non-hydrogen) atoms. The van der Waals surface area contributed by atoms with E-state index in [1.54, 1.807) is 39.4 Å². The van der Waals surface area contributed by atoms with Gasteiger partial charge >= 0.3 is 0 Å². The van der Waals surface area contributed by atoms with Crippen LogP contribution in [0.5, 0.6) is 5.75 Å². The number of amides is 1. The van der Waals surface area contributed by atoms with Crippen LogP contribution in [0.15, 0.2) is 18.2 Å². The summed E-state index contributed by atoms with van der Waals surface area (Å²) in [6, 6.07) is 7.95. The Bertz CT molecular complexity index is 308. The maximum absolute atomic E-state index is 11.5. The standard InChI is InChI=1S/C10H12NO2/c1-11(2)10(12)8-5-4-6-9(7-8)13-3/h4,6-7H,1-3H3. The summed E-state index contributed by atoms with van der Waals surface area (Å²) >= 11 is 0. The van der Waals surface area contributed by atoms with E-state index in [-0.39, 0.29) is 5.91 Å². The minimum absolute atomic E-state index is 0.0705. The van der Waals surface area contributed by atoms with Crippen LogP contribution in [0.1, 0.15) is 10.4 Å². The second kappa shape index (κ2) is 3.94. The average molecular weight is 178 g/mol. The summed E-state index contributed by atoms with van der Waals surface area (Å²) in [6.07, 6.45) is 0. The van der Waals surface area contributed by atoms with Gasteiger partial charge < -0.3 is 9.64 Å². The predicted octanol–water partition coefficient (Wildman–Crippen LogP) is 1.20. The molecule has 0 saturated heterocycles. The Morgan fingerprint density at radius 1 is 1.54 bits per heavy atom. The predicted molar refractivity (Wildman–Crippen MR) is 49.8 cm³/mol. The summed E-state index contributed by atoms with van der Waals surface area (Å²) in [5.74, 6) is 0.600. The van der Waals surface area contributed by atoms with Crippen LogP contribution >= 0.6 is 0 Å². The number of nitrogens with zero attached hydrogens (tertiary/aromatic N) is 1. The lowest BCUT2D eigenvalue weighted by Crippen LogP contribution is -2.21. The summed E-state index contributed by atoms with van der Waals surface area (Å²) in [4.78, 5) is 13.0. The molecule has 0 spiro atoms. The molecule has 1 aromatic rings. The van der Waals surface area contributed by atoms with Gasteiger partial charge in [-0.3, -0.25) is 4.79 Å². The van der Waals surface area contributed by atoms with Crippen molar-refractivity contribution in [2.45, 2.75) is 0 Å². The third-order valence-corrected chi connectivity index (χ3v) is 1.65. The molecule has 0 aliphatic carbocycles. The van der Waals surface area contributed by atoms with Crippen LogP contribution in [0.4, 0.5) is 0 Å². The molecule has 1 rings (SSSR count). The number of rotatable bonds is 2. The van der Waals surface area contributed by atoms with Crippen LogP contribution in [0.2, 0.25) is 0 Å². The summed E-state index contributed by atoms with van der Waals surface area (Å²) in [7, 11) is 4.98. The SMILES string of the molecule is COc1cc[c]c(C(=O)N(C)C)c1. The fourth-order valence-corrected chi connectivity index (χ4v) is 0.937. The summed E-state index contributed by atoms with van der Waals surface area (Å²) in [6.45, 7) is 0. The van der Waals surface area contributed by atoms with Crippen LogP contribution < -0.4 is 4.74 Å². The zero-order valence-corrected chi connectivity index (χ0v) is 8.00. The van der Waals surface area contributed by atoms with Gasteiger partial charge in [0.2, 0.25) is 0 Å². The topological polar surface area (TPSA) is 29.5 Å². The highest BCUT2D eigenvalue weighted by molar-refractivity contribution is 5.93. The highest BCUT2D eigenvalue weighted by Crippen LogP contribution is 2.12. The van der Waals surface area contributed by atoms with Gasteiger partial charge in [-0.15, -0.1) is 0 Å². The first-order chi connectivity index (χ1) is 6.15. The second-order valence-electron chi connectivity index (χ2n) is 2.84. The lowest BCUT2D eigenvalue weighted by atomic mass is 10.2. The molecule has 0 atom stereocenters.